The number of aromatic nitrogens is 1. The van der Waals surface area contributed by atoms with Gasteiger partial charge in [0.15, 0.2) is 0 Å². The van der Waals surface area contributed by atoms with Crippen LogP contribution < -0.4 is 0 Å². The van der Waals surface area contributed by atoms with E-state index in [4.69, 9.17) is 5.11 Å². The van der Waals surface area contributed by atoms with Crippen molar-refractivity contribution in [1.29, 1.82) is 0 Å². The Kier molecular flexibility index (Phi) is 4.86. The fourth-order valence-corrected chi connectivity index (χ4v) is 0.930. The fourth-order valence-electron chi connectivity index (χ4n) is 0.518. The Morgan fingerprint density at radius 3 is 2.27 bits per heavy atom. The van der Waals surface area contributed by atoms with E-state index in [1.54, 1.807) is 12.1 Å². The second-order valence-corrected chi connectivity index (χ2v) is 2.51. The number of aromatic hydroxyl groups is 1. The minimum Gasteiger partial charge on any atom is -0.505 e. The van der Waals surface area contributed by atoms with Gasteiger partial charge in [0.05, 0.1) is 0 Å². The number of pyridine rings is 1. The highest BCUT2D eigenvalue weighted by atomic mass is 79.9. The van der Waals surface area contributed by atoms with Crippen LogP contribution in [0.25, 0.3) is 0 Å². The average Bonchev–Trinajstić information content (AvgIpc) is 2.02. The monoisotopic (exact) mass is 217 g/mol. The van der Waals surface area contributed by atoms with E-state index in [0.29, 0.717) is 4.60 Å². The van der Waals surface area contributed by atoms with Crippen LogP contribution in [-0.4, -0.2) is 10.1 Å². The third-order valence-corrected chi connectivity index (χ3v) is 1.55. The Morgan fingerprint density at radius 1 is 1.36 bits per heavy atom. The molecule has 11 heavy (non-hydrogen) atoms. The molecular formula is C8H12BrNO. The molecule has 0 saturated heterocycles. The van der Waals surface area contributed by atoms with Crippen molar-refractivity contribution in [2.45, 2.75) is 20.8 Å². The van der Waals surface area contributed by atoms with Crippen molar-refractivity contribution in [2.75, 3.05) is 0 Å². The van der Waals surface area contributed by atoms with Gasteiger partial charge in [0.25, 0.3) is 0 Å². The van der Waals surface area contributed by atoms with Crippen molar-refractivity contribution in [3.8, 4) is 5.75 Å². The topological polar surface area (TPSA) is 33.1 Å². The molecule has 1 heterocycles. The molecule has 0 aliphatic carbocycles. The lowest BCUT2D eigenvalue weighted by Crippen LogP contribution is -1.79. The van der Waals surface area contributed by atoms with E-state index < -0.39 is 0 Å². The van der Waals surface area contributed by atoms with E-state index in [0.717, 1.165) is 5.69 Å². The molecule has 0 fully saturated rings. The summed E-state index contributed by atoms with van der Waals surface area (Å²) in [6.45, 7) is 5.87. The van der Waals surface area contributed by atoms with Gasteiger partial charge >= 0.3 is 0 Å². The average molecular weight is 218 g/mol. The summed E-state index contributed by atoms with van der Waals surface area (Å²) >= 11 is 3.08. The maximum Gasteiger partial charge on any atom is 0.148 e. The Hall–Kier alpha value is -0.570. The molecule has 3 heteroatoms. The molecule has 1 aromatic rings. The maximum atomic E-state index is 8.93. The van der Waals surface area contributed by atoms with Gasteiger partial charge in [-0.2, -0.15) is 0 Å². The molecular weight excluding hydrogens is 206 g/mol. The molecule has 0 atom stereocenters. The van der Waals surface area contributed by atoms with Crippen LogP contribution in [0.5, 0.6) is 5.75 Å². The molecule has 0 aromatic carbocycles. The van der Waals surface area contributed by atoms with Crippen LogP contribution >= 0.6 is 15.9 Å². The zero-order chi connectivity index (χ0) is 8.85. The van der Waals surface area contributed by atoms with Gasteiger partial charge in [-0.3, -0.25) is 0 Å². The van der Waals surface area contributed by atoms with E-state index in [2.05, 4.69) is 20.9 Å². The van der Waals surface area contributed by atoms with Crippen molar-refractivity contribution in [1.82, 2.24) is 4.98 Å². The summed E-state index contributed by atoms with van der Waals surface area (Å²) in [5.74, 6) is 0.181. The first-order valence-corrected chi connectivity index (χ1v) is 4.31. The number of hydrogen-bond acceptors (Lipinski definition) is 2. The van der Waals surface area contributed by atoms with Crippen LogP contribution in [0.3, 0.4) is 0 Å². The molecule has 0 radical (unpaired) electrons. The van der Waals surface area contributed by atoms with E-state index in [1.165, 1.54) is 0 Å². The smallest absolute Gasteiger partial charge is 0.148 e. The van der Waals surface area contributed by atoms with Crippen molar-refractivity contribution in [3.05, 3.63) is 22.4 Å². The van der Waals surface area contributed by atoms with Crippen LogP contribution in [-0.2, 0) is 0 Å². The second kappa shape index (κ2) is 5.13. The first-order chi connectivity index (χ1) is 5.20. The summed E-state index contributed by atoms with van der Waals surface area (Å²) in [5, 5.41) is 8.93. The van der Waals surface area contributed by atoms with Crippen molar-refractivity contribution >= 4 is 15.9 Å². The van der Waals surface area contributed by atoms with E-state index in [-0.39, 0.29) is 5.75 Å². The number of halogens is 1. The first-order valence-electron chi connectivity index (χ1n) is 3.52. The quantitative estimate of drug-likeness (QED) is 0.679. The highest BCUT2D eigenvalue weighted by Gasteiger charge is 1.95. The van der Waals surface area contributed by atoms with Crippen LogP contribution in [0.4, 0.5) is 0 Å². The SMILES string of the molecule is CC.Cc1ccc(O)c(Br)n1. The molecule has 1 aromatic heterocycles. The summed E-state index contributed by atoms with van der Waals surface area (Å²) < 4.78 is 0.502. The molecule has 0 spiro atoms. The molecule has 0 amide bonds. The molecule has 0 unspecified atom stereocenters. The van der Waals surface area contributed by atoms with E-state index >= 15 is 0 Å². The lowest BCUT2D eigenvalue weighted by molar-refractivity contribution is 0.468. The van der Waals surface area contributed by atoms with Crippen LogP contribution in [0.2, 0.25) is 0 Å². The van der Waals surface area contributed by atoms with Crippen LogP contribution in [0.15, 0.2) is 16.7 Å². The molecule has 0 saturated carbocycles. The van der Waals surface area contributed by atoms with Gasteiger partial charge in [0.2, 0.25) is 0 Å². The largest absolute Gasteiger partial charge is 0.505 e. The van der Waals surface area contributed by atoms with Gasteiger partial charge in [-0.05, 0) is 35.0 Å². The van der Waals surface area contributed by atoms with E-state index in [1.807, 2.05) is 20.8 Å². The zero-order valence-electron chi connectivity index (χ0n) is 6.93. The summed E-state index contributed by atoms with van der Waals surface area (Å²) in [6, 6.07) is 3.35. The predicted octanol–water partition coefficient (Wildman–Crippen LogP) is 2.88. The Bertz CT molecular complexity index is 225. The van der Waals surface area contributed by atoms with Crippen molar-refractivity contribution in [2.24, 2.45) is 0 Å². The highest BCUT2D eigenvalue weighted by Crippen LogP contribution is 2.19. The van der Waals surface area contributed by atoms with Crippen molar-refractivity contribution in [3.63, 3.8) is 0 Å². The molecule has 0 bridgehead atoms. The normalized spacial score (nSPS) is 8.36. The summed E-state index contributed by atoms with van der Waals surface area (Å²) in [6.07, 6.45) is 0. The predicted molar refractivity (Wildman–Crippen MR) is 49.7 cm³/mol. The number of aryl methyl sites for hydroxylation is 1. The number of nitrogens with zero attached hydrogens (tertiary/aromatic N) is 1. The first kappa shape index (κ1) is 10.4. The maximum absolute atomic E-state index is 8.93. The molecule has 0 aliphatic rings. The van der Waals surface area contributed by atoms with Crippen LogP contribution in [0.1, 0.15) is 19.5 Å². The molecule has 2 nitrogen and oxygen atoms in total. The van der Waals surface area contributed by atoms with Gasteiger partial charge in [0, 0.05) is 5.69 Å². The third-order valence-electron chi connectivity index (χ3n) is 0.968. The lowest BCUT2D eigenvalue weighted by atomic mass is 10.4. The Labute approximate surface area is 75.4 Å². The lowest BCUT2D eigenvalue weighted by Gasteiger charge is -1.94. The van der Waals surface area contributed by atoms with Crippen molar-refractivity contribution < 1.29 is 5.11 Å². The zero-order valence-corrected chi connectivity index (χ0v) is 8.51. The van der Waals surface area contributed by atoms with Gasteiger partial charge in [-0.1, -0.05) is 13.8 Å². The highest BCUT2D eigenvalue weighted by molar-refractivity contribution is 9.10. The molecule has 0 aliphatic heterocycles. The summed E-state index contributed by atoms with van der Waals surface area (Å²) in [4.78, 5) is 3.94. The third kappa shape index (κ3) is 3.37. The fraction of sp³-hybridized carbons (Fsp3) is 0.375. The Morgan fingerprint density at radius 2 is 1.91 bits per heavy atom. The minimum absolute atomic E-state index is 0.181. The Balaban J connectivity index is 0.000000461. The van der Waals surface area contributed by atoms with Gasteiger partial charge in [-0.15, -0.1) is 0 Å². The summed E-state index contributed by atoms with van der Waals surface area (Å²) in [7, 11) is 0. The minimum atomic E-state index is 0.181. The number of rotatable bonds is 0. The standard InChI is InChI=1S/C6H6BrNO.C2H6/c1-4-2-3-5(9)6(7)8-4;1-2/h2-3,9H,1H3;1-2H3. The van der Waals surface area contributed by atoms with E-state index in [9.17, 15) is 0 Å². The van der Waals surface area contributed by atoms with Gasteiger partial charge in [0.1, 0.15) is 10.4 Å². The molecule has 1 rings (SSSR count). The number of hydrogen-bond donors (Lipinski definition) is 1. The van der Waals surface area contributed by atoms with Gasteiger partial charge in [-0.25, -0.2) is 4.98 Å². The van der Waals surface area contributed by atoms with Gasteiger partial charge < -0.3 is 5.11 Å². The summed E-state index contributed by atoms with van der Waals surface area (Å²) in [5.41, 5.74) is 0.889. The molecule has 1 N–H and O–H groups in total. The molecule has 62 valence electrons. The second-order valence-electron chi connectivity index (χ2n) is 1.76. The van der Waals surface area contributed by atoms with Crippen LogP contribution in [0, 0.1) is 6.92 Å².